The Morgan fingerprint density at radius 1 is 1.53 bits per heavy atom. The summed E-state index contributed by atoms with van der Waals surface area (Å²) in [6.07, 6.45) is 3.91. The first kappa shape index (κ1) is 12.5. The molecule has 0 bridgehead atoms. The highest BCUT2D eigenvalue weighted by Crippen LogP contribution is 2.23. The molecule has 1 aromatic heterocycles. The highest BCUT2D eigenvalue weighted by molar-refractivity contribution is 7.13. The van der Waals surface area contributed by atoms with Crippen LogP contribution in [0.3, 0.4) is 0 Å². The van der Waals surface area contributed by atoms with Crippen molar-refractivity contribution >= 4 is 17.2 Å². The van der Waals surface area contributed by atoms with Crippen molar-refractivity contribution in [2.75, 3.05) is 13.1 Å². The monoisotopic (exact) mass is 254 g/mol. The van der Waals surface area contributed by atoms with Gasteiger partial charge in [-0.05, 0) is 33.1 Å². The average molecular weight is 254 g/mol. The normalized spacial score (nSPS) is 25.7. The summed E-state index contributed by atoms with van der Waals surface area (Å²) in [5.74, 6) is 0.0494. The summed E-state index contributed by atoms with van der Waals surface area (Å²) in [6.45, 7) is 5.10. The Kier molecular flexibility index (Phi) is 3.49. The molecule has 1 N–H and O–H groups in total. The van der Waals surface area contributed by atoms with Gasteiger partial charge in [0.05, 0.1) is 16.8 Å². The van der Waals surface area contributed by atoms with Gasteiger partial charge in [0.1, 0.15) is 4.88 Å². The van der Waals surface area contributed by atoms with Crippen molar-refractivity contribution in [3.63, 3.8) is 0 Å². The van der Waals surface area contributed by atoms with Crippen LogP contribution in [0.1, 0.15) is 40.9 Å². The zero-order valence-electron chi connectivity index (χ0n) is 10.3. The first-order valence-corrected chi connectivity index (χ1v) is 6.74. The van der Waals surface area contributed by atoms with Crippen molar-refractivity contribution in [3.8, 4) is 0 Å². The standard InChI is InChI=1S/C12H18N2O2S/c1-9-13-8-10(17-9)11(15)14-6-3-4-12(2,16)5-7-14/h8,16H,3-7H2,1-2H3. The fourth-order valence-electron chi connectivity index (χ4n) is 2.08. The average Bonchev–Trinajstić information content (AvgIpc) is 2.60. The van der Waals surface area contributed by atoms with Crippen molar-refractivity contribution in [2.45, 2.75) is 38.7 Å². The van der Waals surface area contributed by atoms with E-state index in [0.29, 0.717) is 17.8 Å². The Morgan fingerprint density at radius 2 is 2.29 bits per heavy atom. The van der Waals surface area contributed by atoms with Gasteiger partial charge in [-0.3, -0.25) is 4.79 Å². The molecule has 0 aromatic carbocycles. The number of hydrogen-bond acceptors (Lipinski definition) is 4. The van der Waals surface area contributed by atoms with E-state index in [1.807, 2.05) is 18.7 Å². The van der Waals surface area contributed by atoms with E-state index in [1.165, 1.54) is 11.3 Å². The topological polar surface area (TPSA) is 53.4 Å². The SMILES string of the molecule is Cc1ncc(C(=O)N2CCCC(C)(O)CC2)s1. The van der Waals surface area contributed by atoms with Gasteiger partial charge in [-0.1, -0.05) is 0 Å². The van der Waals surface area contributed by atoms with Crippen LogP contribution >= 0.6 is 11.3 Å². The number of thiazole rings is 1. The molecule has 1 atom stereocenters. The molecule has 17 heavy (non-hydrogen) atoms. The smallest absolute Gasteiger partial charge is 0.265 e. The van der Waals surface area contributed by atoms with E-state index in [1.54, 1.807) is 6.20 Å². The molecule has 1 aliphatic rings. The minimum absolute atomic E-state index is 0.0494. The lowest BCUT2D eigenvalue weighted by molar-refractivity contribution is 0.0438. The number of carbonyl (C=O) groups is 1. The number of rotatable bonds is 1. The maximum absolute atomic E-state index is 12.2. The predicted molar refractivity (Wildman–Crippen MR) is 67.2 cm³/mol. The number of aryl methyl sites for hydroxylation is 1. The number of hydrogen-bond donors (Lipinski definition) is 1. The minimum atomic E-state index is -0.626. The lowest BCUT2D eigenvalue weighted by Crippen LogP contribution is -2.33. The lowest BCUT2D eigenvalue weighted by Gasteiger charge is -2.22. The molecule has 1 saturated heterocycles. The highest BCUT2D eigenvalue weighted by Gasteiger charge is 2.27. The summed E-state index contributed by atoms with van der Waals surface area (Å²) in [5.41, 5.74) is -0.626. The van der Waals surface area contributed by atoms with Gasteiger partial charge in [-0.15, -0.1) is 11.3 Å². The van der Waals surface area contributed by atoms with E-state index >= 15 is 0 Å². The molecule has 4 nitrogen and oxygen atoms in total. The van der Waals surface area contributed by atoms with E-state index in [9.17, 15) is 9.90 Å². The Morgan fingerprint density at radius 3 is 2.94 bits per heavy atom. The first-order chi connectivity index (χ1) is 7.98. The summed E-state index contributed by atoms with van der Waals surface area (Å²) in [5, 5.41) is 10.9. The van der Waals surface area contributed by atoms with E-state index in [-0.39, 0.29) is 5.91 Å². The molecule has 0 aliphatic carbocycles. The first-order valence-electron chi connectivity index (χ1n) is 5.92. The Bertz CT molecular complexity index is 414. The number of nitrogens with zero attached hydrogens (tertiary/aromatic N) is 2. The van der Waals surface area contributed by atoms with E-state index in [4.69, 9.17) is 0 Å². The van der Waals surface area contributed by atoms with Crippen molar-refractivity contribution in [2.24, 2.45) is 0 Å². The number of carbonyl (C=O) groups excluding carboxylic acids is 1. The molecule has 1 aromatic rings. The molecule has 1 unspecified atom stereocenters. The molecule has 1 fully saturated rings. The van der Waals surface area contributed by atoms with Crippen molar-refractivity contribution < 1.29 is 9.90 Å². The summed E-state index contributed by atoms with van der Waals surface area (Å²) < 4.78 is 0. The second-order valence-electron chi connectivity index (χ2n) is 4.89. The fraction of sp³-hybridized carbons (Fsp3) is 0.667. The van der Waals surface area contributed by atoms with E-state index < -0.39 is 5.60 Å². The maximum Gasteiger partial charge on any atom is 0.265 e. The molecule has 2 heterocycles. The quantitative estimate of drug-likeness (QED) is 0.832. The van der Waals surface area contributed by atoms with Crippen molar-refractivity contribution in [1.29, 1.82) is 0 Å². The number of amides is 1. The fourth-order valence-corrected chi connectivity index (χ4v) is 2.83. The molecule has 0 saturated carbocycles. The van der Waals surface area contributed by atoms with Crippen LogP contribution in [0.25, 0.3) is 0 Å². The Balaban J connectivity index is 2.05. The molecular weight excluding hydrogens is 236 g/mol. The number of aromatic nitrogens is 1. The van der Waals surface area contributed by atoms with Crippen LogP contribution < -0.4 is 0 Å². The molecule has 2 rings (SSSR count). The molecule has 5 heteroatoms. The minimum Gasteiger partial charge on any atom is -0.390 e. The van der Waals surface area contributed by atoms with Gasteiger partial charge in [0.25, 0.3) is 5.91 Å². The molecule has 1 aliphatic heterocycles. The van der Waals surface area contributed by atoms with E-state index in [2.05, 4.69) is 4.98 Å². The van der Waals surface area contributed by atoms with Gasteiger partial charge in [-0.2, -0.15) is 0 Å². The molecule has 1 amide bonds. The van der Waals surface area contributed by atoms with Gasteiger partial charge < -0.3 is 10.0 Å². The summed E-state index contributed by atoms with van der Waals surface area (Å²) in [7, 11) is 0. The van der Waals surface area contributed by atoms with Crippen LogP contribution in [0.5, 0.6) is 0 Å². The van der Waals surface area contributed by atoms with Gasteiger partial charge in [-0.25, -0.2) is 4.98 Å². The van der Waals surface area contributed by atoms with Crippen LogP contribution in [0.2, 0.25) is 0 Å². The molecule has 94 valence electrons. The van der Waals surface area contributed by atoms with Gasteiger partial charge in [0, 0.05) is 13.1 Å². The zero-order valence-corrected chi connectivity index (χ0v) is 11.1. The van der Waals surface area contributed by atoms with Crippen LogP contribution in [0.15, 0.2) is 6.20 Å². The van der Waals surface area contributed by atoms with Gasteiger partial charge in [0.2, 0.25) is 0 Å². The van der Waals surface area contributed by atoms with Crippen LogP contribution in [-0.4, -0.2) is 39.6 Å². The molecule has 0 radical (unpaired) electrons. The van der Waals surface area contributed by atoms with Gasteiger partial charge in [0.15, 0.2) is 0 Å². The second-order valence-corrected chi connectivity index (χ2v) is 6.12. The predicted octanol–water partition coefficient (Wildman–Crippen LogP) is 1.83. The third-order valence-corrected chi connectivity index (χ3v) is 4.08. The zero-order chi connectivity index (χ0) is 12.5. The summed E-state index contributed by atoms with van der Waals surface area (Å²) >= 11 is 1.43. The maximum atomic E-state index is 12.2. The summed E-state index contributed by atoms with van der Waals surface area (Å²) in [6, 6.07) is 0. The molecule has 0 spiro atoms. The van der Waals surface area contributed by atoms with Crippen LogP contribution in [0.4, 0.5) is 0 Å². The summed E-state index contributed by atoms with van der Waals surface area (Å²) in [4.78, 5) is 18.8. The third kappa shape index (κ3) is 3.04. The molecular formula is C12H18N2O2S. The highest BCUT2D eigenvalue weighted by atomic mass is 32.1. The largest absolute Gasteiger partial charge is 0.390 e. The van der Waals surface area contributed by atoms with Crippen molar-refractivity contribution in [3.05, 3.63) is 16.1 Å². The number of aliphatic hydroxyl groups is 1. The third-order valence-electron chi connectivity index (χ3n) is 3.18. The number of likely N-dealkylation sites (tertiary alicyclic amines) is 1. The second kappa shape index (κ2) is 4.74. The van der Waals surface area contributed by atoms with Crippen molar-refractivity contribution in [1.82, 2.24) is 9.88 Å². The van der Waals surface area contributed by atoms with Crippen LogP contribution in [0, 0.1) is 6.92 Å². The Hall–Kier alpha value is -0.940. The van der Waals surface area contributed by atoms with E-state index in [0.717, 1.165) is 24.4 Å². The Labute approximate surface area is 105 Å². The lowest BCUT2D eigenvalue weighted by atomic mass is 9.98. The van der Waals surface area contributed by atoms with Gasteiger partial charge >= 0.3 is 0 Å². The van der Waals surface area contributed by atoms with Crippen LogP contribution in [-0.2, 0) is 0 Å².